The molecule has 0 unspecified atom stereocenters. The number of nitrogens with zero attached hydrogens (tertiary/aromatic N) is 6. The Labute approximate surface area is 153 Å². The quantitative estimate of drug-likeness (QED) is 0.563. The van der Waals surface area contributed by atoms with Crippen molar-refractivity contribution in [3.8, 4) is 10.8 Å². The average Bonchev–Trinajstić information content (AvgIpc) is 3.42. The first-order chi connectivity index (χ1) is 12.8. The third kappa shape index (κ3) is 3.52. The monoisotopic (exact) mass is 365 g/mol. The molecule has 4 rings (SSSR count). The molecule has 8 nitrogen and oxygen atoms in total. The first-order valence-corrected chi connectivity index (χ1v) is 8.88. The molecule has 0 spiro atoms. The molecule has 0 saturated carbocycles. The number of benzene rings is 1. The Morgan fingerprint density at radius 1 is 1.15 bits per heavy atom. The summed E-state index contributed by atoms with van der Waals surface area (Å²) < 4.78 is 1.72. The number of aromatic nitrogens is 6. The van der Waals surface area contributed by atoms with Crippen LogP contribution in [0.25, 0.3) is 10.8 Å². The Bertz CT molecular complexity index is 991. The van der Waals surface area contributed by atoms with Gasteiger partial charge in [0.1, 0.15) is 0 Å². The molecule has 0 aliphatic heterocycles. The third-order valence-electron chi connectivity index (χ3n) is 3.62. The van der Waals surface area contributed by atoms with Gasteiger partial charge < -0.3 is 5.32 Å². The van der Waals surface area contributed by atoms with Gasteiger partial charge in [0.2, 0.25) is 5.13 Å². The second-order valence-electron chi connectivity index (χ2n) is 5.43. The second-order valence-corrected chi connectivity index (χ2v) is 6.27. The van der Waals surface area contributed by atoms with E-state index in [1.54, 1.807) is 10.9 Å². The Kier molecular flexibility index (Phi) is 4.52. The molecule has 26 heavy (non-hydrogen) atoms. The van der Waals surface area contributed by atoms with Crippen LogP contribution in [0.2, 0.25) is 0 Å². The van der Waals surface area contributed by atoms with Gasteiger partial charge in [-0.2, -0.15) is 15.0 Å². The standard InChI is InChI=1S/C17H15N7OS/c25-16(15-11-20-24(22-15)14-5-2-1-3-6-14)18-9-7-13-12-26-17(21-13)23-10-4-8-19-23/h1-6,8,10-12H,7,9H2,(H,18,25). The molecular weight excluding hydrogens is 350 g/mol. The fourth-order valence-corrected chi connectivity index (χ4v) is 3.14. The van der Waals surface area contributed by atoms with Crippen LogP contribution in [0.3, 0.4) is 0 Å². The topological polar surface area (TPSA) is 90.5 Å². The lowest BCUT2D eigenvalue weighted by atomic mass is 10.3. The van der Waals surface area contributed by atoms with Gasteiger partial charge >= 0.3 is 0 Å². The first-order valence-electron chi connectivity index (χ1n) is 8.00. The molecule has 0 saturated heterocycles. The molecule has 0 atom stereocenters. The third-order valence-corrected chi connectivity index (χ3v) is 4.50. The van der Waals surface area contributed by atoms with E-state index in [-0.39, 0.29) is 11.6 Å². The van der Waals surface area contributed by atoms with Gasteiger partial charge in [-0.3, -0.25) is 4.79 Å². The van der Waals surface area contributed by atoms with Gasteiger partial charge in [-0.15, -0.1) is 16.4 Å². The molecule has 0 aliphatic rings. The van der Waals surface area contributed by atoms with Crippen molar-refractivity contribution in [1.82, 2.24) is 35.1 Å². The van der Waals surface area contributed by atoms with Crippen LogP contribution in [0.1, 0.15) is 16.2 Å². The zero-order valence-corrected chi connectivity index (χ0v) is 14.5. The van der Waals surface area contributed by atoms with Crippen molar-refractivity contribution in [3.63, 3.8) is 0 Å². The van der Waals surface area contributed by atoms with Crippen LogP contribution in [-0.2, 0) is 6.42 Å². The van der Waals surface area contributed by atoms with E-state index in [0.29, 0.717) is 13.0 Å². The van der Waals surface area contributed by atoms with Gasteiger partial charge in [0.15, 0.2) is 5.69 Å². The Hall–Kier alpha value is -3.33. The molecule has 0 aliphatic carbocycles. The van der Waals surface area contributed by atoms with Crippen LogP contribution >= 0.6 is 11.3 Å². The van der Waals surface area contributed by atoms with Gasteiger partial charge in [-0.25, -0.2) is 9.67 Å². The van der Waals surface area contributed by atoms with E-state index in [1.165, 1.54) is 22.3 Å². The predicted octanol–water partition coefficient (Wildman–Crippen LogP) is 1.88. The first kappa shape index (κ1) is 16.2. The van der Waals surface area contributed by atoms with Crippen LogP contribution < -0.4 is 5.32 Å². The van der Waals surface area contributed by atoms with E-state index in [1.807, 2.05) is 48.0 Å². The maximum atomic E-state index is 12.2. The highest BCUT2D eigenvalue weighted by Crippen LogP contribution is 2.14. The minimum Gasteiger partial charge on any atom is -0.350 e. The molecule has 0 radical (unpaired) electrons. The number of carbonyl (C=O) groups excluding carboxylic acids is 1. The molecule has 130 valence electrons. The average molecular weight is 365 g/mol. The van der Waals surface area contributed by atoms with E-state index in [9.17, 15) is 4.79 Å². The van der Waals surface area contributed by atoms with E-state index < -0.39 is 0 Å². The number of para-hydroxylation sites is 1. The second kappa shape index (κ2) is 7.28. The minimum absolute atomic E-state index is 0.255. The fourth-order valence-electron chi connectivity index (χ4n) is 2.35. The summed E-state index contributed by atoms with van der Waals surface area (Å²) >= 11 is 1.51. The van der Waals surface area contributed by atoms with Crippen LogP contribution in [-0.4, -0.2) is 42.2 Å². The molecule has 1 N–H and O–H groups in total. The van der Waals surface area contributed by atoms with Gasteiger partial charge in [-0.05, 0) is 18.2 Å². The lowest BCUT2D eigenvalue weighted by molar-refractivity contribution is 0.0948. The highest BCUT2D eigenvalue weighted by molar-refractivity contribution is 7.12. The number of rotatable bonds is 6. The van der Waals surface area contributed by atoms with E-state index >= 15 is 0 Å². The van der Waals surface area contributed by atoms with Gasteiger partial charge in [0, 0.05) is 30.7 Å². The van der Waals surface area contributed by atoms with Gasteiger partial charge in [0.05, 0.1) is 17.6 Å². The smallest absolute Gasteiger partial charge is 0.273 e. The van der Waals surface area contributed by atoms with E-state index in [0.717, 1.165) is 16.5 Å². The minimum atomic E-state index is -0.255. The van der Waals surface area contributed by atoms with Crippen LogP contribution in [0, 0.1) is 0 Å². The van der Waals surface area contributed by atoms with Crippen molar-refractivity contribution in [1.29, 1.82) is 0 Å². The van der Waals surface area contributed by atoms with Gasteiger partial charge in [-0.1, -0.05) is 18.2 Å². The highest BCUT2D eigenvalue weighted by atomic mass is 32.1. The number of thiazole rings is 1. The zero-order valence-electron chi connectivity index (χ0n) is 13.7. The number of hydrogen-bond donors (Lipinski definition) is 1. The summed E-state index contributed by atoms with van der Waals surface area (Å²) in [6, 6.07) is 11.3. The summed E-state index contributed by atoms with van der Waals surface area (Å²) in [5.74, 6) is -0.255. The number of carbonyl (C=O) groups is 1. The van der Waals surface area contributed by atoms with Crippen molar-refractivity contribution in [2.24, 2.45) is 0 Å². The number of hydrogen-bond acceptors (Lipinski definition) is 6. The van der Waals surface area contributed by atoms with Crippen molar-refractivity contribution >= 4 is 17.2 Å². The summed E-state index contributed by atoms with van der Waals surface area (Å²) in [5, 5.41) is 18.1. The molecule has 0 fully saturated rings. The summed E-state index contributed by atoms with van der Waals surface area (Å²) in [5.41, 5.74) is 2.00. The van der Waals surface area contributed by atoms with E-state index in [4.69, 9.17) is 0 Å². The lowest BCUT2D eigenvalue weighted by Gasteiger charge is -2.01. The molecular formula is C17H15N7OS. The molecule has 1 amide bonds. The Morgan fingerprint density at radius 3 is 2.85 bits per heavy atom. The Balaban J connectivity index is 1.33. The summed E-state index contributed by atoms with van der Waals surface area (Å²) in [4.78, 5) is 18.2. The number of nitrogens with one attached hydrogen (secondary N) is 1. The van der Waals surface area contributed by atoms with Crippen molar-refractivity contribution in [2.45, 2.75) is 6.42 Å². The summed E-state index contributed by atoms with van der Waals surface area (Å²) in [6.45, 7) is 0.472. The highest BCUT2D eigenvalue weighted by Gasteiger charge is 2.11. The van der Waals surface area contributed by atoms with Crippen LogP contribution in [0.15, 0.2) is 60.4 Å². The normalized spacial score (nSPS) is 10.8. The summed E-state index contributed by atoms with van der Waals surface area (Å²) in [6.07, 6.45) is 5.65. The molecule has 9 heteroatoms. The molecule has 1 aromatic carbocycles. The number of amides is 1. The molecule has 3 aromatic heterocycles. The lowest BCUT2D eigenvalue weighted by Crippen LogP contribution is -2.26. The fraction of sp³-hybridized carbons (Fsp3) is 0.118. The van der Waals surface area contributed by atoms with Crippen LogP contribution in [0.5, 0.6) is 0 Å². The largest absolute Gasteiger partial charge is 0.350 e. The molecule has 3 heterocycles. The molecule has 4 aromatic rings. The molecule has 0 bridgehead atoms. The SMILES string of the molecule is O=C(NCCc1csc(-n2cccn2)n1)c1cnn(-c2ccccc2)n1. The van der Waals surface area contributed by atoms with Crippen LogP contribution in [0.4, 0.5) is 0 Å². The van der Waals surface area contributed by atoms with Crippen molar-refractivity contribution < 1.29 is 4.79 Å². The maximum absolute atomic E-state index is 12.2. The van der Waals surface area contributed by atoms with E-state index in [2.05, 4.69) is 25.6 Å². The Morgan fingerprint density at radius 2 is 2.04 bits per heavy atom. The predicted molar refractivity (Wildman–Crippen MR) is 96.6 cm³/mol. The summed E-state index contributed by atoms with van der Waals surface area (Å²) in [7, 11) is 0. The van der Waals surface area contributed by atoms with Crippen molar-refractivity contribution in [3.05, 3.63) is 71.8 Å². The maximum Gasteiger partial charge on any atom is 0.273 e. The zero-order chi connectivity index (χ0) is 17.8. The van der Waals surface area contributed by atoms with Crippen molar-refractivity contribution in [2.75, 3.05) is 6.54 Å². The van der Waals surface area contributed by atoms with Gasteiger partial charge in [0.25, 0.3) is 5.91 Å².